The summed E-state index contributed by atoms with van der Waals surface area (Å²) in [6.07, 6.45) is 6.46. The molecule has 1 saturated heterocycles. The second-order valence-electron chi connectivity index (χ2n) is 8.58. The summed E-state index contributed by atoms with van der Waals surface area (Å²) in [4.78, 5) is 13.0. The van der Waals surface area contributed by atoms with Gasteiger partial charge >= 0.3 is 0 Å². The van der Waals surface area contributed by atoms with Crippen LogP contribution in [0.1, 0.15) is 71.5 Å². The Labute approximate surface area is 192 Å². The summed E-state index contributed by atoms with van der Waals surface area (Å²) < 4.78 is 22.9. The number of oxime groups is 1. The number of aromatic nitrogens is 1. The molecule has 1 unspecified atom stereocenters. The highest BCUT2D eigenvalue weighted by Gasteiger charge is 2.30. The summed E-state index contributed by atoms with van der Waals surface area (Å²) in [5.41, 5.74) is 5.85. The summed E-state index contributed by atoms with van der Waals surface area (Å²) in [7, 11) is -3.39. The summed E-state index contributed by atoms with van der Waals surface area (Å²) in [6, 6.07) is 6.06. The predicted octanol–water partition coefficient (Wildman–Crippen LogP) is 3.07. The molecule has 8 nitrogen and oxygen atoms in total. The van der Waals surface area contributed by atoms with Gasteiger partial charge < -0.3 is 10.2 Å². The Morgan fingerprint density at radius 3 is 2.91 bits per heavy atom. The minimum atomic E-state index is -3.39. The number of rotatable bonds is 5. The molecular weight excluding hydrogens is 446 g/mol. The van der Waals surface area contributed by atoms with Gasteiger partial charge in [-0.2, -0.15) is 5.10 Å². The first-order valence-electron chi connectivity index (χ1n) is 11.0. The highest BCUT2D eigenvalue weighted by Crippen LogP contribution is 2.36. The molecule has 1 aromatic heterocycles. The van der Waals surface area contributed by atoms with Crippen molar-refractivity contribution in [3.8, 4) is 0 Å². The van der Waals surface area contributed by atoms with Crippen molar-refractivity contribution in [1.29, 1.82) is 0 Å². The number of fused-ring (bicyclic) bond motifs is 1. The highest BCUT2D eigenvalue weighted by molar-refractivity contribution is 7.88. The number of piperidine rings is 1. The maximum Gasteiger partial charge on any atom is 0.244 e. The molecule has 3 aliphatic rings. The van der Waals surface area contributed by atoms with Crippen LogP contribution in [0.25, 0.3) is 0 Å². The topological polar surface area (TPSA) is 105 Å². The Morgan fingerprint density at radius 2 is 2.09 bits per heavy atom. The smallest absolute Gasteiger partial charge is 0.244 e. The number of hydrogen-bond acceptors (Lipinski definition) is 8. The number of nitrogens with zero attached hydrogens (tertiary/aromatic N) is 3. The molecule has 3 heterocycles. The second kappa shape index (κ2) is 8.92. The third-order valence-electron chi connectivity index (χ3n) is 6.23. The van der Waals surface area contributed by atoms with Gasteiger partial charge in [-0.1, -0.05) is 23.4 Å². The fourth-order valence-electron chi connectivity index (χ4n) is 4.65. The van der Waals surface area contributed by atoms with Crippen molar-refractivity contribution >= 4 is 32.8 Å². The van der Waals surface area contributed by atoms with Gasteiger partial charge in [0.2, 0.25) is 10.0 Å². The maximum atomic E-state index is 11.5. The summed E-state index contributed by atoms with van der Waals surface area (Å²) in [6.45, 7) is 2.10. The average Bonchev–Trinajstić information content (AvgIpc) is 3.47. The Balaban J connectivity index is 1.34. The van der Waals surface area contributed by atoms with E-state index >= 15 is 0 Å². The van der Waals surface area contributed by atoms with Gasteiger partial charge in [0, 0.05) is 23.3 Å². The number of sulfonamides is 1. The van der Waals surface area contributed by atoms with Gasteiger partial charge in [0.1, 0.15) is 5.71 Å². The second-order valence-corrected chi connectivity index (χ2v) is 11.2. The van der Waals surface area contributed by atoms with Crippen LogP contribution in [0.3, 0.4) is 0 Å². The lowest BCUT2D eigenvalue weighted by Crippen LogP contribution is -2.26. The van der Waals surface area contributed by atoms with Gasteiger partial charge in [-0.25, -0.2) is 18.2 Å². The lowest BCUT2D eigenvalue weighted by Gasteiger charge is -2.22. The monoisotopic (exact) mass is 473 g/mol. The molecule has 2 N–H and O–H groups in total. The Kier molecular flexibility index (Phi) is 6.00. The van der Waals surface area contributed by atoms with Crippen LogP contribution in [0.2, 0.25) is 0 Å². The summed E-state index contributed by atoms with van der Waals surface area (Å²) >= 11 is 1.72. The van der Waals surface area contributed by atoms with E-state index in [4.69, 9.17) is 9.82 Å². The fourth-order valence-corrected chi connectivity index (χ4v) is 5.93. The average molecular weight is 474 g/mol. The standard InChI is InChI=1S/C22H27N5O3S2/c1-32(28,29)27-25-18-7-3-4-15-16(18)5-2-6-17(15)21-12-19(26-30-21)20-13-31-22(24-20)14-8-10-23-11-9-14/h2,5-6,13-14,21,23,27H,3-4,7-12H2,1H3/b25-18+. The van der Waals surface area contributed by atoms with Gasteiger partial charge in [-0.15, -0.1) is 11.3 Å². The molecule has 170 valence electrons. The zero-order chi connectivity index (χ0) is 22.1. The fraction of sp³-hybridized carbons (Fsp3) is 0.500. The summed E-state index contributed by atoms with van der Waals surface area (Å²) in [5, 5.41) is 15.3. The predicted molar refractivity (Wildman–Crippen MR) is 126 cm³/mol. The normalized spacial score (nSPS) is 23.0. The van der Waals surface area contributed by atoms with E-state index < -0.39 is 10.0 Å². The number of hydrogen-bond donors (Lipinski definition) is 2. The quantitative estimate of drug-likeness (QED) is 0.650. The third-order valence-corrected chi connectivity index (χ3v) is 7.66. The number of benzene rings is 1. The van der Waals surface area contributed by atoms with Crippen LogP contribution >= 0.6 is 11.3 Å². The molecule has 32 heavy (non-hydrogen) atoms. The largest absolute Gasteiger partial charge is 0.387 e. The Hall–Kier alpha value is -2.30. The lowest BCUT2D eigenvalue weighted by molar-refractivity contribution is 0.0850. The van der Waals surface area contributed by atoms with Crippen molar-refractivity contribution in [3.05, 3.63) is 51.0 Å². The maximum absolute atomic E-state index is 11.5. The van der Waals surface area contributed by atoms with Gasteiger partial charge in [0.25, 0.3) is 0 Å². The van der Waals surface area contributed by atoms with Crippen molar-refractivity contribution < 1.29 is 13.3 Å². The van der Waals surface area contributed by atoms with E-state index in [-0.39, 0.29) is 6.10 Å². The van der Waals surface area contributed by atoms with E-state index in [0.29, 0.717) is 12.3 Å². The van der Waals surface area contributed by atoms with E-state index in [0.717, 1.165) is 79.7 Å². The zero-order valence-corrected chi connectivity index (χ0v) is 19.6. The molecule has 1 fully saturated rings. The zero-order valence-electron chi connectivity index (χ0n) is 18.0. The minimum absolute atomic E-state index is 0.161. The van der Waals surface area contributed by atoms with E-state index in [9.17, 15) is 8.42 Å². The van der Waals surface area contributed by atoms with E-state index in [2.05, 4.69) is 31.9 Å². The molecule has 0 saturated carbocycles. The van der Waals surface area contributed by atoms with E-state index in [1.807, 2.05) is 12.1 Å². The van der Waals surface area contributed by atoms with Crippen molar-refractivity contribution in [1.82, 2.24) is 15.1 Å². The molecule has 1 aliphatic carbocycles. The van der Waals surface area contributed by atoms with Crippen LogP contribution in [0.15, 0.2) is 33.8 Å². The van der Waals surface area contributed by atoms with Crippen LogP contribution < -0.4 is 10.1 Å². The van der Waals surface area contributed by atoms with Gasteiger partial charge in [-0.3, -0.25) is 0 Å². The van der Waals surface area contributed by atoms with Crippen molar-refractivity contribution in [3.63, 3.8) is 0 Å². The molecule has 0 bridgehead atoms. The Morgan fingerprint density at radius 1 is 1.25 bits per heavy atom. The number of nitrogens with one attached hydrogen (secondary N) is 2. The van der Waals surface area contributed by atoms with Gasteiger partial charge in [-0.05, 0) is 56.3 Å². The minimum Gasteiger partial charge on any atom is -0.387 e. The molecule has 5 rings (SSSR count). The molecule has 1 atom stereocenters. The number of thiazole rings is 1. The first-order chi connectivity index (χ1) is 15.5. The van der Waals surface area contributed by atoms with Crippen molar-refractivity contribution in [2.75, 3.05) is 19.3 Å². The number of hydrazone groups is 1. The molecule has 0 spiro atoms. The third kappa shape index (κ3) is 4.57. The lowest BCUT2D eigenvalue weighted by atomic mass is 9.84. The molecule has 0 amide bonds. The van der Waals surface area contributed by atoms with Crippen LogP contribution in [0, 0.1) is 0 Å². The van der Waals surface area contributed by atoms with Gasteiger partial charge in [0.05, 0.1) is 22.7 Å². The molecular formula is C22H27N5O3S2. The first kappa shape index (κ1) is 21.5. The van der Waals surface area contributed by atoms with Crippen LogP contribution in [-0.4, -0.2) is 44.2 Å². The van der Waals surface area contributed by atoms with Gasteiger partial charge in [0.15, 0.2) is 6.10 Å². The highest BCUT2D eigenvalue weighted by atomic mass is 32.2. The van der Waals surface area contributed by atoms with Crippen molar-refractivity contribution in [2.24, 2.45) is 10.3 Å². The van der Waals surface area contributed by atoms with E-state index in [1.54, 1.807) is 11.3 Å². The van der Waals surface area contributed by atoms with Crippen LogP contribution in [0.4, 0.5) is 0 Å². The van der Waals surface area contributed by atoms with E-state index in [1.165, 1.54) is 10.6 Å². The van der Waals surface area contributed by atoms with Crippen molar-refractivity contribution in [2.45, 2.75) is 50.5 Å². The molecule has 2 aliphatic heterocycles. The molecule has 10 heteroatoms. The Bertz CT molecular complexity index is 1170. The summed E-state index contributed by atoms with van der Waals surface area (Å²) in [5.74, 6) is 0.535. The van der Waals surface area contributed by atoms with Crippen LogP contribution in [0.5, 0.6) is 0 Å². The molecule has 0 radical (unpaired) electrons. The van der Waals surface area contributed by atoms with Crippen LogP contribution in [-0.2, 0) is 21.3 Å². The SMILES string of the molecule is CS(=O)(=O)N/N=C1\CCCc2c1cccc2C1CC(c2csc(C3CCNCC3)n2)=NO1. The molecule has 1 aromatic carbocycles. The first-order valence-corrected chi connectivity index (χ1v) is 13.8. The molecule has 2 aromatic rings.